The van der Waals surface area contributed by atoms with Gasteiger partial charge in [-0.25, -0.2) is 8.42 Å². The molecule has 140 valence electrons. The first-order chi connectivity index (χ1) is 12.4. The van der Waals surface area contributed by atoms with Crippen molar-refractivity contribution in [3.63, 3.8) is 0 Å². The van der Waals surface area contributed by atoms with Gasteiger partial charge in [0.25, 0.3) is 5.69 Å². The van der Waals surface area contributed by atoms with Gasteiger partial charge in [0.05, 0.1) is 15.9 Å². The van der Waals surface area contributed by atoms with E-state index in [9.17, 15) is 18.5 Å². The molecule has 0 bridgehead atoms. The van der Waals surface area contributed by atoms with Gasteiger partial charge in [0, 0.05) is 24.0 Å². The molecule has 3 rings (SSSR count). The molecule has 1 aliphatic heterocycles. The Morgan fingerprint density at radius 3 is 2.58 bits per heavy atom. The lowest BCUT2D eigenvalue weighted by molar-refractivity contribution is -0.384. The molecule has 26 heavy (non-hydrogen) atoms. The molecule has 1 aromatic heterocycles. The summed E-state index contributed by atoms with van der Waals surface area (Å²) in [5.41, 5.74) is 0.0833. The summed E-state index contributed by atoms with van der Waals surface area (Å²) in [7, 11) is -3.70. The maximum atomic E-state index is 12.8. The summed E-state index contributed by atoms with van der Waals surface area (Å²) in [5.74, 6) is 0. The minimum absolute atomic E-state index is 0.0274. The molecule has 0 spiro atoms. The number of benzene rings is 1. The van der Waals surface area contributed by atoms with E-state index in [1.807, 2.05) is 24.4 Å². The molecular formula is C17H21N3O4S2. The number of hydrogen-bond acceptors (Lipinski definition) is 6. The van der Waals surface area contributed by atoms with Crippen LogP contribution in [-0.4, -0.2) is 30.7 Å². The van der Waals surface area contributed by atoms with Gasteiger partial charge in [0.2, 0.25) is 10.0 Å². The van der Waals surface area contributed by atoms with Gasteiger partial charge in [-0.2, -0.15) is 4.31 Å². The van der Waals surface area contributed by atoms with Crippen molar-refractivity contribution in [2.75, 3.05) is 18.4 Å². The van der Waals surface area contributed by atoms with Gasteiger partial charge in [0.1, 0.15) is 5.69 Å². The van der Waals surface area contributed by atoms with Crippen molar-refractivity contribution in [2.45, 2.75) is 37.1 Å². The van der Waals surface area contributed by atoms with Gasteiger partial charge in [-0.1, -0.05) is 12.5 Å². The number of nitrogens with one attached hydrogen (secondary N) is 1. The third kappa shape index (κ3) is 3.89. The highest BCUT2D eigenvalue weighted by Gasteiger charge is 2.28. The van der Waals surface area contributed by atoms with Gasteiger partial charge >= 0.3 is 0 Å². The van der Waals surface area contributed by atoms with Crippen molar-refractivity contribution in [1.29, 1.82) is 0 Å². The van der Waals surface area contributed by atoms with Crippen LogP contribution in [0.5, 0.6) is 0 Å². The number of nitrogens with zero attached hydrogens (tertiary/aromatic N) is 2. The van der Waals surface area contributed by atoms with E-state index in [1.54, 1.807) is 11.3 Å². The number of anilines is 1. The Morgan fingerprint density at radius 1 is 1.23 bits per heavy atom. The minimum Gasteiger partial charge on any atom is -0.372 e. The van der Waals surface area contributed by atoms with E-state index in [0.29, 0.717) is 18.8 Å². The largest absolute Gasteiger partial charge is 0.372 e. The maximum absolute atomic E-state index is 12.8. The fourth-order valence-corrected chi connectivity index (χ4v) is 5.31. The molecule has 0 aliphatic carbocycles. The average molecular weight is 396 g/mol. The van der Waals surface area contributed by atoms with Gasteiger partial charge in [-0.3, -0.25) is 10.1 Å². The number of thiophene rings is 1. The molecule has 1 N–H and O–H groups in total. The molecule has 1 fully saturated rings. The van der Waals surface area contributed by atoms with Crippen LogP contribution in [0, 0.1) is 10.1 Å². The van der Waals surface area contributed by atoms with Gasteiger partial charge in [-0.05, 0) is 43.3 Å². The molecule has 0 unspecified atom stereocenters. The molecule has 9 heteroatoms. The maximum Gasteiger partial charge on any atom is 0.293 e. The minimum atomic E-state index is -3.70. The number of nitro groups is 1. The Bertz CT molecular complexity index is 875. The summed E-state index contributed by atoms with van der Waals surface area (Å²) >= 11 is 1.56. The monoisotopic (exact) mass is 395 g/mol. The van der Waals surface area contributed by atoms with Gasteiger partial charge in [0.15, 0.2) is 0 Å². The molecule has 2 heterocycles. The number of rotatable bonds is 6. The number of sulfonamides is 1. The van der Waals surface area contributed by atoms with Crippen LogP contribution >= 0.6 is 11.3 Å². The second kappa shape index (κ2) is 7.73. The fourth-order valence-electron chi connectivity index (χ4n) is 3.04. The Morgan fingerprint density at radius 2 is 1.96 bits per heavy atom. The highest BCUT2D eigenvalue weighted by atomic mass is 32.2. The van der Waals surface area contributed by atoms with Crippen molar-refractivity contribution < 1.29 is 13.3 Å². The molecule has 1 saturated heterocycles. The SMILES string of the molecule is C[C@H](Nc1ccc(S(=O)(=O)N2CCCCC2)cc1[N+](=O)[O-])c1cccs1. The second-order valence-electron chi connectivity index (χ2n) is 6.28. The average Bonchev–Trinajstić information content (AvgIpc) is 3.17. The zero-order valence-corrected chi connectivity index (χ0v) is 16.1. The van der Waals surface area contributed by atoms with Gasteiger partial charge < -0.3 is 5.32 Å². The summed E-state index contributed by atoms with van der Waals surface area (Å²) < 4.78 is 26.9. The smallest absolute Gasteiger partial charge is 0.293 e. The van der Waals surface area contributed by atoms with Crippen LogP contribution in [0.3, 0.4) is 0 Å². The fraction of sp³-hybridized carbons (Fsp3) is 0.412. The van der Waals surface area contributed by atoms with Crippen molar-refractivity contribution in [2.24, 2.45) is 0 Å². The van der Waals surface area contributed by atoms with Crippen LogP contribution in [0.4, 0.5) is 11.4 Å². The molecule has 7 nitrogen and oxygen atoms in total. The van der Waals surface area contributed by atoms with E-state index in [0.717, 1.165) is 30.2 Å². The zero-order chi connectivity index (χ0) is 18.7. The number of nitro benzene ring substituents is 1. The topological polar surface area (TPSA) is 92.6 Å². The quantitative estimate of drug-likeness (QED) is 0.589. The predicted molar refractivity (Wildman–Crippen MR) is 102 cm³/mol. The van der Waals surface area contributed by atoms with E-state index in [4.69, 9.17) is 0 Å². The van der Waals surface area contributed by atoms with E-state index in [1.165, 1.54) is 16.4 Å². The van der Waals surface area contributed by atoms with Crippen LogP contribution in [0.1, 0.15) is 37.1 Å². The first kappa shape index (κ1) is 18.8. The molecule has 0 saturated carbocycles. The number of hydrogen-bond donors (Lipinski definition) is 1. The van der Waals surface area contributed by atoms with Crippen LogP contribution in [-0.2, 0) is 10.0 Å². The summed E-state index contributed by atoms with van der Waals surface area (Å²) in [6, 6.07) is 7.84. The Hall–Kier alpha value is -1.97. The van der Waals surface area contributed by atoms with Gasteiger partial charge in [-0.15, -0.1) is 11.3 Å². The van der Waals surface area contributed by atoms with Crippen LogP contribution in [0.15, 0.2) is 40.6 Å². The van der Waals surface area contributed by atoms with E-state index in [-0.39, 0.29) is 16.6 Å². The molecule has 0 radical (unpaired) electrons. The molecular weight excluding hydrogens is 374 g/mol. The molecule has 1 aromatic carbocycles. The number of piperidine rings is 1. The highest BCUT2D eigenvalue weighted by Crippen LogP contribution is 2.33. The summed E-state index contributed by atoms with van der Waals surface area (Å²) in [6.45, 7) is 2.84. The van der Waals surface area contributed by atoms with Crippen LogP contribution in [0.25, 0.3) is 0 Å². The molecule has 2 aromatic rings. The highest BCUT2D eigenvalue weighted by molar-refractivity contribution is 7.89. The zero-order valence-electron chi connectivity index (χ0n) is 14.4. The summed E-state index contributed by atoms with van der Waals surface area (Å²) in [5, 5.41) is 16.6. The van der Waals surface area contributed by atoms with Crippen LogP contribution < -0.4 is 5.32 Å². The van der Waals surface area contributed by atoms with Crippen molar-refractivity contribution in [1.82, 2.24) is 4.31 Å². The second-order valence-corrected chi connectivity index (χ2v) is 9.20. The summed E-state index contributed by atoms with van der Waals surface area (Å²) in [4.78, 5) is 12.0. The normalized spacial score (nSPS) is 17.0. The first-order valence-corrected chi connectivity index (χ1v) is 10.8. The van der Waals surface area contributed by atoms with E-state index < -0.39 is 14.9 Å². The summed E-state index contributed by atoms with van der Waals surface area (Å²) in [6.07, 6.45) is 2.65. The Labute approximate surface area is 156 Å². The lowest BCUT2D eigenvalue weighted by atomic mass is 10.2. The standard InChI is InChI=1S/C17H21N3O4S2/c1-13(17-6-5-11-25-17)18-15-8-7-14(12-16(15)20(21)22)26(23,24)19-9-3-2-4-10-19/h5-8,11-13,18H,2-4,9-10H2,1H3/t13-/m0/s1. The predicted octanol–water partition coefficient (Wildman–Crippen LogP) is 4.00. The Kier molecular flexibility index (Phi) is 5.59. The van der Waals surface area contributed by atoms with E-state index in [2.05, 4.69) is 5.32 Å². The Balaban J connectivity index is 1.90. The first-order valence-electron chi connectivity index (χ1n) is 8.48. The lowest BCUT2D eigenvalue weighted by Gasteiger charge is -2.26. The van der Waals surface area contributed by atoms with E-state index >= 15 is 0 Å². The van der Waals surface area contributed by atoms with Crippen molar-refractivity contribution in [3.8, 4) is 0 Å². The lowest BCUT2D eigenvalue weighted by Crippen LogP contribution is -2.35. The third-order valence-corrected chi connectivity index (χ3v) is 7.41. The third-order valence-electron chi connectivity index (χ3n) is 4.46. The molecule has 1 atom stereocenters. The van der Waals surface area contributed by atoms with Crippen molar-refractivity contribution >= 4 is 32.7 Å². The van der Waals surface area contributed by atoms with Crippen LogP contribution in [0.2, 0.25) is 0 Å². The molecule has 0 amide bonds. The molecule has 1 aliphatic rings. The van der Waals surface area contributed by atoms with Crippen molar-refractivity contribution in [3.05, 3.63) is 50.7 Å².